The first kappa shape index (κ1) is 20.9. The van der Waals surface area contributed by atoms with Gasteiger partial charge in [-0.25, -0.2) is 8.78 Å². The van der Waals surface area contributed by atoms with Crippen LogP contribution in [-0.4, -0.2) is 66.5 Å². The normalized spacial score (nSPS) is 19.8. The summed E-state index contributed by atoms with van der Waals surface area (Å²) in [6, 6.07) is 4.01. The van der Waals surface area contributed by atoms with Crippen molar-refractivity contribution in [3.8, 4) is 11.3 Å². The number of aromatic nitrogens is 1. The zero-order valence-corrected chi connectivity index (χ0v) is 16.6. The molecule has 3 rings (SSSR count). The quantitative estimate of drug-likeness (QED) is 0.823. The molecule has 156 valence electrons. The number of amides is 2. The van der Waals surface area contributed by atoms with Crippen LogP contribution in [0, 0.1) is 17.6 Å². The Morgan fingerprint density at radius 3 is 2.72 bits per heavy atom. The topological polar surface area (TPSA) is 78.7 Å². The Morgan fingerprint density at radius 2 is 2.07 bits per heavy atom. The Kier molecular flexibility index (Phi) is 6.26. The van der Waals surface area contributed by atoms with Gasteiger partial charge in [0.1, 0.15) is 11.6 Å². The van der Waals surface area contributed by atoms with Crippen LogP contribution in [0.4, 0.5) is 8.78 Å². The first-order valence-electron chi connectivity index (χ1n) is 9.46. The van der Waals surface area contributed by atoms with Crippen molar-refractivity contribution < 1.29 is 22.9 Å². The van der Waals surface area contributed by atoms with Crippen molar-refractivity contribution in [2.45, 2.75) is 19.4 Å². The van der Waals surface area contributed by atoms with E-state index in [0.717, 1.165) is 25.2 Å². The number of hydrogen-bond donors (Lipinski definition) is 1. The highest BCUT2D eigenvalue weighted by molar-refractivity contribution is 5.93. The molecule has 1 aliphatic rings. The number of nitrogens with zero attached hydrogens (tertiary/aromatic N) is 3. The van der Waals surface area contributed by atoms with Gasteiger partial charge in [-0.05, 0) is 25.1 Å². The molecule has 2 heterocycles. The highest BCUT2D eigenvalue weighted by atomic mass is 19.1. The smallest absolute Gasteiger partial charge is 0.273 e. The summed E-state index contributed by atoms with van der Waals surface area (Å²) in [7, 11) is 3.38. The van der Waals surface area contributed by atoms with Gasteiger partial charge in [-0.2, -0.15) is 0 Å². The van der Waals surface area contributed by atoms with Gasteiger partial charge < -0.3 is 19.6 Å². The largest absolute Gasteiger partial charge is 0.355 e. The number of rotatable bonds is 5. The maximum absolute atomic E-state index is 13.9. The van der Waals surface area contributed by atoms with Crippen LogP contribution >= 0.6 is 0 Å². The molecule has 2 aromatic rings. The van der Waals surface area contributed by atoms with Crippen LogP contribution in [0.2, 0.25) is 0 Å². The molecule has 29 heavy (non-hydrogen) atoms. The highest BCUT2D eigenvalue weighted by Crippen LogP contribution is 2.25. The molecule has 1 aliphatic heterocycles. The van der Waals surface area contributed by atoms with Crippen molar-refractivity contribution in [3.05, 3.63) is 41.6 Å². The number of nitrogens with one attached hydrogen (secondary N) is 1. The summed E-state index contributed by atoms with van der Waals surface area (Å²) < 4.78 is 32.1. The minimum Gasteiger partial charge on any atom is -0.355 e. The fourth-order valence-corrected chi connectivity index (χ4v) is 3.50. The maximum Gasteiger partial charge on any atom is 0.273 e. The van der Waals surface area contributed by atoms with Crippen LogP contribution in [0.25, 0.3) is 11.3 Å². The summed E-state index contributed by atoms with van der Waals surface area (Å²) in [6.07, 6.45) is 0.626. The molecular formula is C20H24F2N4O3. The molecule has 0 spiro atoms. The van der Waals surface area contributed by atoms with Crippen LogP contribution in [0.15, 0.2) is 28.8 Å². The van der Waals surface area contributed by atoms with Crippen LogP contribution in [-0.2, 0) is 4.79 Å². The monoisotopic (exact) mass is 406 g/mol. The molecule has 9 heteroatoms. The van der Waals surface area contributed by atoms with Gasteiger partial charge in [0.2, 0.25) is 5.91 Å². The third-order valence-electron chi connectivity index (χ3n) is 5.16. The lowest BCUT2D eigenvalue weighted by Crippen LogP contribution is -2.55. The van der Waals surface area contributed by atoms with E-state index in [1.54, 1.807) is 14.1 Å². The van der Waals surface area contributed by atoms with Crippen molar-refractivity contribution in [2.24, 2.45) is 5.92 Å². The molecule has 1 aromatic heterocycles. The molecule has 0 radical (unpaired) electrons. The van der Waals surface area contributed by atoms with Gasteiger partial charge >= 0.3 is 0 Å². The average molecular weight is 406 g/mol. The van der Waals surface area contributed by atoms with Gasteiger partial charge in [0.15, 0.2) is 11.5 Å². The number of carbonyl (C=O) groups is 2. The Balaban J connectivity index is 1.75. The number of carbonyl (C=O) groups excluding carboxylic acids is 2. The third kappa shape index (κ3) is 4.61. The zero-order valence-electron chi connectivity index (χ0n) is 16.6. The molecule has 0 saturated carbocycles. The Morgan fingerprint density at radius 1 is 1.31 bits per heavy atom. The maximum atomic E-state index is 13.9. The number of hydrogen-bond acceptors (Lipinski definition) is 5. The van der Waals surface area contributed by atoms with Gasteiger partial charge in [0.25, 0.3) is 5.91 Å². The lowest BCUT2D eigenvalue weighted by Gasteiger charge is -2.38. The van der Waals surface area contributed by atoms with Crippen LogP contribution in [0.1, 0.15) is 23.8 Å². The van der Waals surface area contributed by atoms with E-state index in [1.165, 1.54) is 17.0 Å². The van der Waals surface area contributed by atoms with E-state index in [-0.39, 0.29) is 34.9 Å². The molecule has 1 N–H and O–H groups in total. The molecule has 2 amide bonds. The van der Waals surface area contributed by atoms with Crippen LogP contribution < -0.4 is 5.32 Å². The van der Waals surface area contributed by atoms with Crippen molar-refractivity contribution in [1.29, 1.82) is 0 Å². The SMILES string of the molecule is CCN1CCC(NC(=O)c2cc(-c3ccc(F)cc3F)on2)C(C(=O)N(C)C)C1. The predicted molar refractivity (Wildman–Crippen MR) is 102 cm³/mol. The van der Waals surface area contributed by atoms with Crippen molar-refractivity contribution in [2.75, 3.05) is 33.7 Å². The summed E-state index contributed by atoms with van der Waals surface area (Å²) in [5.74, 6) is -2.43. The highest BCUT2D eigenvalue weighted by Gasteiger charge is 2.36. The Bertz CT molecular complexity index is 900. The molecule has 1 fully saturated rings. The van der Waals surface area contributed by atoms with Crippen LogP contribution in [0.3, 0.4) is 0 Å². The lowest BCUT2D eigenvalue weighted by atomic mass is 9.90. The lowest BCUT2D eigenvalue weighted by molar-refractivity contribution is -0.135. The first-order valence-corrected chi connectivity index (χ1v) is 9.46. The summed E-state index contributed by atoms with van der Waals surface area (Å²) in [5.41, 5.74) is -0.0208. The second-order valence-electron chi connectivity index (χ2n) is 7.30. The standard InChI is InChI=1S/C20H24F2N4O3/c1-4-26-8-7-16(14(11-26)20(28)25(2)3)23-19(27)17-10-18(29-24-17)13-6-5-12(21)9-15(13)22/h5-6,9-10,14,16H,4,7-8,11H2,1-3H3,(H,23,27). The van der Waals surface area contributed by atoms with Gasteiger partial charge in [0, 0.05) is 45.4 Å². The molecule has 2 atom stereocenters. The Labute approximate surface area is 167 Å². The van der Waals surface area contributed by atoms with E-state index in [0.29, 0.717) is 13.0 Å². The minimum atomic E-state index is -0.809. The molecule has 0 bridgehead atoms. The second-order valence-corrected chi connectivity index (χ2v) is 7.30. The van der Waals surface area contributed by atoms with Crippen molar-refractivity contribution >= 4 is 11.8 Å². The third-order valence-corrected chi connectivity index (χ3v) is 5.16. The molecule has 0 aliphatic carbocycles. The van der Waals surface area contributed by atoms with E-state index < -0.39 is 17.5 Å². The fraction of sp³-hybridized carbons (Fsp3) is 0.450. The van der Waals surface area contributed by atoms with E-state index in [1.807, 2.05) is 6.92 Å². The molecule has 1 saturated heterocycles. The number of likely N-dealkylation sites (tertiary alicyclic amines) is 1. The number of piperidine rings is 1. The van der Waals surface area contributed by atoms with Gasteiger partial charge in [-0.1, -0.05) is 12.1 Å². The summed E-state index contributed by atoms with van der Waals surface area (Å²) in [6.45, 7) is 4.18. The molecule has 1 aromatic carbocycles. The van der Waals surface area contributed by atoms with E-state index in [9.17, 15) is 18.4 Å². The Hall–Kier alpha value is -2.81. The average Bonchev–Trinajstić information content (AvgIpc) is 3.17. The van der Waals surface area contributed by atoms with Gasteiger partial charge in [-0.15, -0.1) is 0 Å². The van der Waals surface area contributed by atoms with E-state index in [2.05, 4.69) is 15.4 Å². The van der Waals surface area contributed by atoms with Crippen molar-refractivity contribution in [3.63, 3.8) is 0 Å². The van der Waals surface area contributed by atoms with Crippen molar-refractivity contribution in [1.82, 2.24) is 20.3 Å². The summed E-state index contributed by atoms with van der Waals surface area (Å²) in [5, 5.41) is 6.57. The molecule has 7 nitrogen and oxygen atoms in total. The first-order chi connectivity index (χ1) is 13.8. The minimum absolute atomic E-state index is 0.00914. The van der Waals surface area contributed by atoms with Crippen LogP contribution in [0.5, 0.6) is 0 Å². The van der Waals surface area contributed by atoms with E-state index in [4.69, 9.17) is 4.52 Å². The molecular weight excluding hydrogens is 382 g/mol. The van der Waals surface area contributed by atoms with Gasteiger partial charge in [-0.3, -0.25) is 9.59 Å². The summed E-state index contributed by atoms with van der Waals surface area (Å²) in [4.78, 5) is 28.9. The van der Waals surface area contributed by atoms with E-state index >= 15 is 0 Å². The van der Waals surface area contributed by atoms with Gasteiger partial charge in [0.05, 0.1) is 11.5 Å². The summed E-state index contributed by atoms with van der Waals surface area (Å²) >= 11 is 0. The molecule has 2 unspecified atom stereocenters. The zero-order chi connectivity index (χ0) is 21.1. The fourth-order valence-electron chi connectivity index (χ4n) is 3.50. The second kappa shape index (κ2) is 8.69. The number of halogens is 2. The number of benzene rings is 1. The predicted octanol–water partition coefficient (Wildman–Crippen LogP) is 2.15.